The van der Waals surface area contributed by atoms with Crippen LogP contribution in [0.2, 0.25) is 0 Å². The van der Waals surface area contributed by atoms with Crippen LogP contribution in [0.5, 0.6) is 5.88 Å². The van der Waals surface area contributed by atoms with Crippen LogP contribution < -0.4 is 15.4 Å². The molecule has 0 spiro atoms. The molecule has 0 unspecified atom stereocenters. The lowest BCUT2D eigenvalue weighted by molar-refractivity contribution is 0.198. The van der Waals surface area contributed by atoms with Gasteiger partial charge in [-0.15, -0.1) is 0 Å². The molecule has 0 saturated carbocycles. The minimum Gasteiger partial charge on any atom is -0.478 e. The number of likely N-dealkylation sites (tertiary alicyclic amines) is 1. The van der Waals surface area contributed by atoms with Crippen molar-refractivity contribution in [2.75, 3.05) is 26.7 Å². The molecule has 0 atom stereocenters. The fourth-order valence-electron chi connectivity index (χ4n) is 3.26. The molecule has 1 aliphatic heterocycles. The molecule has 0 aromatic carbocycles. The van der Waals surface area contributed by atoms with Crippen molar-refractivity contribution in [3.63, 3.8) is 0 Å². The van der Waals surface area contributed by atoms with Crippen molar-refractivity contribution >= 4 is 17.3 Å². The number of hydrogen-bond acceptors (Lipinski definition) is 5. The summed E-state index contributed by atoms with van der Waals surface area (Å²) in [5.41, 5.74) is 2.53. The van der Waals surface area contributed by atoms with Gasteiger partial charge in [0.05, 0.1) is 6.61 Å². The van der Waals surface area contributed by atoms with Crippen LogP contribution in [0.25, 0.3) is 0 Å². The highest BCUT2D eigenvalue weighted by Crippen LogP contribution is 2.15. The average Bonchev–Trinajstić information content (AvgIpc) is 3.24. The summed E-state index contributed by atoms with van der Waals surface area (Å²) in [4.78, 5) is 11.3. The third-order valence-corrected chi connectivity index (χ3v) is 5.58. The number of aliphatic imine (C=N–C) groups is 1. The fraction of sp³-hybridized carbons (Fsp3) is 0.524. The average molecular weight is 402 g/mol. The van der Waals surface area contributed by atoms with Crippen molar-refractivity contribution in [3.05, 3.63) is 46.3 Å². The standard InChI is InChI=1S/C21H31N5OS/c1-3-11-27-20-5-4-17(13-23-20)14-24-21(22-2)25-19-6-9-26(10-7-19)15-18-8-12-28-16-18/h4-5,8,12-13,16,19H,3,6-7,9-11,14-15H2,1-2H3,(H2,22,24,25). The maximum atomic E-state index is 5.53. The molecule has 3 heterocycles. The summed E-state index contributed by atoms with van der Waals surface area (Å²) < 4.78 is 5.53. The Morgan fingerprint density at radius 1 is 1.29 bits per heavy atom. The predicted molar refractivity (Wildman–Crippen MR) is 116 cm³/mol. The zero-order valence-corrected chi connectivity index (χ0v) is 17.7. The van der Waals surface area contributed by atoms with Crippen molar-refractivity contribution in [1.82, 2.24) is 20.5 Å². The Kier molecular flexibility index (Phi) is 8.11. The predicted octanol–water partition coefficient (Wildman–Crippen LogP) is 3.26. The van der Waals surface area contributed by atoms with Gasteiger partial charge in [0, 0.05) is 51.5 Å². The number of nitrogens with one attached hydrogen (secondary N) is 2. The zero-order chi connectivity index (χ0) is 19.6. The number of piperidine rings is 1. The van der Waals surface area contributed by atoms with Crippen LogP contribution in [0.3, 0.4) is 0 Å². The lowest BCUT2D eigenvalue weighted by atomic mass is 10.0. The summed E-state index contributed by atoms with van der Waals surface area (Å²) in [6.45, 7) is 6.78. The Morgan fingerprint density at radius 2 is 2.14 bits per heavy atom. The van der Waals surface area contributed by atoms with E-state index in [1.807, 2.05) is 25.4 Å². The second-order valence-corrected chi connectivity index (χ2v) is 7.89. The second kappa shape index (κ2) is 11.0. The Hall–Kier alpha value is -2.12. The highest BCUT2D eigenvalue weighted by Gasteiger charge is 2.20. The maximum Gasteiger partial charge on any atom is 0.213 e. The second-order valence-electron chi connectivity index (χ2n) is 7.11. The number of guanidine groups is 1. The number of rotatable bonds is 8. The lowest BCUT2D eigenvalue weighted by Gasteiger charge is -2.32. The number of thiophene rings is 1. The van der Waals surface area contributed by atoms with E-state index in [4.69, 9.17) is 4.74 Å². The Morgan fingerprint density at radius 3 is 2.79 bits per heavy atom. The molecule has 7 heteroatoms. The van der Waals surface area contributed by atoms with Crippen LogP contribution in [0.4, 0.5) is 0 Å². The molecule has 2 aromatic rings. The number of nitrogens with zero attached hydrogens (tertiary/aromatic N) is 3. The highest BCUT2D eigenvalue weighted by atomic mass is 32.1. The van der Waals surface area contributed by atoms with Crippen molar-refractivity contribution in [1.29, 1.82) is 0 Å². The van der Waals surface area contributed by atoms with Gasteiger partial charge in [-0.05, 0) is 47.2 Å². The molecule has 2 aromatic heterocycles. The molecule has 1 aliphatic rings. The first-order valence-corrected chi connectivity index (χ1v) is 11.0. The van der Waals surface area contributed by atoms with Crippen molar-refractivity contribution < 1.29 is 4.74 Å². The first kappa shape index (κ1) is 20.6. The van der Waals surface area contributed by atoms with E-state index < -0.39 is 0 Å². The molecule has 0 radical (unpaired) electrons. The van der Waals surface area contributed by atoms with Gasteiger partial charge in [-0.1, -0.05) is 13.0 Å². The Labute approximate surface area is 172 Å². The van der Waals surface area contributed by atoms with Gasteiger partial charge in [-0.3, -0.25) is 9.89 Å². The molecule has 1 saturated heterocycles. The summed E-state index contributed by atoms with van der Waals surface area (Å²) in [5.74, 6) is 1.53. The molecule has 0 aliphatic carbocycles. The molecule has 2 N–H and O–H groups in total. The first-order valence-electron chi connectivity index (χ1n) is 10.0. The Balaban J connectivity index is 1.39. The zero-order valence-electron chi connectivity index (χ0n) is 16.9. The summed E-state index contributed by atoms with van der Waals surface area (Å²) in [6, 6.07) is 6.65. The molecule has 3 rings (SSSR count). The molecule has 0 amide bonds. The van der Waals surface area contributed by atoms with E-state index in [1.165, 1.54) is 5.56 Å². The van der Waals surface area contributed by atoms with E-state index in [9.17, 15) is 0 Å². The van der Waals surface area contributed by atoms with Gasteiger partial charge in [0.25, 0.3) is 0 Å². The largest absolute Gasteiger partial charge is 0.478 e. The number of hydrogen-bond donors (Lipinski definition) is 2. The third kappa shape index (κ3) is 6.49. The van der Waals surface area contributed by atoms with E-state index >= 15 is 0 Å². The van der Waals surface area contributed by atoms with E-state index in [1.54, 1.807) is 11.3 Å². The monoisotopic (exact) mass is 401 g/mol. The maximum absolute atomic E-state index is 5.53. The van der Waals surface area contributed by atoms with Gasteiger partial charge in [-0.2, -0.15) is 11.3 Å². The summed E-state index contributed by atoms with van der Waals surface area (Å²) in [6.07, 6.45) is 5.11. The lowest BCUT2D eigenvalue weighted by Crippen LogP contribution is -2.48. The third-order valence-electron chi connectivity index (χ3n) is 4.85. The van der Waals surface area contributed by atoms with Crippen molar-refractivity contribution in [3.8, 4) is 5.88 Å². The van der Waals surface area contributed by atoms with E-state index in [-0.39, 0.29) is 0 Å². The molecule has 0 bridgehead atoms. The smallest absolute Gasteiger partial charge is 0.213 e. The normalized spacial score (nSPS) is 16.1. The van der Waals surface area contributed by atoms with Crippen LogP contribution in [0.1, 0.15) is 37.3 Å². The fourth-order valence-corrected chi connectivity index (χ4v) is 3.92. The molecular formula is C21H31N5OS. The van der Waals surface area contributed by atoms with E-state index in [0.717, 1.165) is 50.4 Å². The van der Waals surface area contributed by atoms with Crippen molar-refractivity contribution in [2.45, 2.75) is 45.3 Å². The first-order chi connectivity index (χ1) is 13.8. The minimum atomic E-state index is 0.466. The number of ether oxygens (including phenoxy) is 1. The number of pyridine rings is 1. The highest BCUT2D eigenvalue weighted by molar-refractivity contribution is 7.07. The summed E-state index contributed by atoms with van der Waals surface area (Å²) >= 11 is 1.77. The van der Waals surface area contributed by atoms with Gasteiger partial charge in [0.2, 0.25) is 5.88 Å². The van der Waals surface area contributed by atoms with Crippen molar-refractivity contribution in [2.24, 2.45) is 4.99 Å². The Bertz CT molecular complexity index is 709. The van der Waals surface area contributed by atoms with Crippen LogP contribution >= 0.6 is 11.3 Å². The minimum absolute atomic E-state index is 0.466. The molecule has 1 fully saturated rings. The van der Waals surface area contributed by atoms with Gasteiger partial charge in [0.1, 0.15) is 0 Å². The molecule has 28 heavy (non-hydrogen) atoms. The SMILES string of the molecule is CCCOc1ccc(CNC(=NC)NC2CCN(Cc3ccsc3)CC2)cn1. The summed E-state index contributed by atoms with van der Waals surface area (Å²) in [7, 11) is 1.82. The van der Waals surface area contributed by atoms with Gasteiger partial charge in [-0.25, -0.2) is 4.98 Å². The van der Waals surface area contributed by atoms with E-state index in [0.29, 0.717) is 25.1 Å². The topological polar surface area (TPSA) is 61.8 Å². The molecular weight excluding hydrogens is 370 g/mol. The number of aromatic nitrogens is 1. The van der Waals surface area contributed by atoms with Crippen LogP contribution in [-0.4, -0.2) is 48.6 Å². The molecule has 6 nitrogen and oxygen atoms in total. The molecule has 152 valence electrons. The summed E-state index contributed by atoms with van der Waals surface area (Å²) in [5, 5.41) is 11.3. The quantitative estimate of drug-likeness (QED) is 0.525. The van der Waals surface area contributed by atoms with Gasteiger partial charge in [0.15, 0.2) is 5.96 Å². The van der Waals surface area contributed by atoms with Crippen LogP contribution in [-0.2, 0) is 13.1 Å². The van der Waals surface area contributed by atoms with Crippen LogP contribution in [0.15, 0.2) is 40.1 Å². The van der Waals surface area contributed by atoms with Gasteiger partial charge >= 0.3 is 0 Å². The van der Waals surface area contributed by atoms with E-state index in [2.05, 4.69) is 49.3 Å². The van der Waals surface area contributed by atoms with Gasteiger partial charge < -0.3 is 15.4 Å². The van der Waals surface area contributed by atoms with Crippen LogP contribution in [0, 0.1) is 0 Å².